The lowest BCUT2D eigenvalue weighted by Gasteiger charge is -2.28. The van der Waals surface area contributed by atoms with Gasteiger partial charge in [0.25, 0.3) is 0 Å². The molecule has 0 atom stereocenters. The first kappa shape index (κ1) is 18.6. The zero-order valence-corrected chi connectivity index (χ0v) is 15.3. The minimum Gasteiger partial charge on any atom is -0.492 e. The Morgan fingerprint density at radius 1 is 1.38 bits per heavy atom. The number of nitrogens with zero attached hydrogens (tertiary/aromatic N) is 1. The molecule has 1 saturated carbocycles. The van der Waals surface area contributed by atoms with Crippen LogP contribution in [0.4, 0.5) is 5.82 Å². The lowest BCUT2D eigenvalue weighted by Crippen LogP contribution is -2.26. The summed E-state index contributed by atoms with van der Waals surface area (Å²) in [6.45, 7) is 4.00. The van der Waals surface area contributed by atoms with Gasteiger partial charge < -0.3 is 25.4 Å². The van der Waals surface area contributed by atoms with Gasteiger partial charge in [-0.05, 0) is 38.5 Å². The topological polar surface area (TPSA) is 108 Å². The molecule has 1 aliphatic heterocycles. The van der Waals surface area contributed by atoms with Crippen molar-refractivity contribution in [2.75, 3.05) is 32.2 Å². The van der Waals surface area contributed by atoms with Gasteiger partial charge in [0.2, 0.25) is 0 Å². The van der Waals surface area contributed by atoms with Crippen molar-refractivity contribution in [2.24, 2.45) is 11.8 Å². The van der Waals surface area contributed by atoms with Crippen molar-refractivity contribution < 1.29 is 20.4 Å². The third-order valence-corrected chi connectivity index (χ3v) is 5.09. The molecule has 1 aromatic heterocycles. The summed E-state index contributed by atoms with van der Waals surface area (Å²) in [5, 5.41) is 8.51. The lowest BCUT2D eigenvalue weighted by molar-refractivity contribution is 0.0493. The number of pyridine rings is 1. The van der Waals surface area contributed by atoms with Crippen LogP contribution in [0.25, 0.3) is 0 Å². The Morgan fingerprint density at radius 2 is 2.12 bits per heavy atom. The number of hydrogen-bond donors (Lipinski definition) is 2. The molecule has 3 rings (SSSR count). The van der Waals surface area contributed by atoms with Gasteiger partial charge in [0.1, 0.15) is 11.6 Å². The van der Waals surface area contributed by atoms with Gasteiger partial charge in [-0.15, -0.1) is 0 Å². The number of esters is 1. The molecule has 7 nitrogen and oxygen atoms in total. The maximum Gasteiger partial charge on any atom is 0.357 e. The highest BCUT2D eigenvalue weighted by molar-refractivity contribution is 6.07. The first-order chi connectivity index (χ1) is 12.6. The fourth-order valence-corrected chi connectivity index (χ4v) is 3.26. The Hall–Kier alpha value is -2.15. The molecule has 0 unspecified atom stereocenters. The number of rotatable bonds is 7. The second-order valence-corrected chi connectivity index (χ2v) is 6.89. The quantitative estimate of drug-likeness (QED) is 0.569. The molecular formula is C19H29N3O4. The molecule has 2 aliphatic rings. The Morgan fingerprint density at radius 3 is 2.73 bits per heavy atom. The van der Waals surface area contributed by atoms with Crippen LogP contribution in [0.5, 0.6) is 5.75 Å². The van der Waals surface area contributed by atoms with Crippen molar-refractivity contribution in [3.05, 3.63) is 17.3 Å². The van der Waals surface area contributed by atoms with Crippen LogP contribution in [-0.4, -0.2) is 43.1 Å². The molecule has 2 fully saturated rings. The Kier molecular flexibility index (Phi) is 6.08. The molecule has 144 valence electrons. The second-order valence-electron chi connectivity index (χ2n) is 6.89. The normalized spacial score (nSPS) is 18.2. The highest BCUT2D eigenvalue weighted by Gasteiger charge is 2.29. The van der Waals surface area contributed by atoms with Crippen LogP contribution in [0.2, 0.25) is 0 Å². The van der Waals surface area contributed by atoms with Gasteiger partial charge in [-0.25, -0.2) is 9.78 Å². The lowest BCUT2D eigenvalue weighted by atomic mass is 9.79. The predicted octanol–water partition coefficient (Wildman–Crippen LogP) is 3.06. The van der Waals surface area contributed by atoms with E-state index in [1.54, 1.807) is 13.0 Å². The molecule has 3 N–H and O–H groups in total. The molecule has 0 spiro atoms. The summed E-state index contributed by atoms with van der Waals surface area (Å²) in [6.07, 6.45) is 4.98. The zero-order valence-electron chi connectivity index (χ0n) is 15.3. The Balaban J connectivity index is 0.00000261. The highest BCUT2D eigenvalue weighted by Crippen LogP contribution is 2.35. The molecule has 1 aliphatic carbocycles. The van der Waals surface area contributed by atoms with E-state index in [-0.39, 0.29) is 25.5 Å². The van der Waals surface area contributed by atoms with E-state index in [2.05, 4.69) is 4.98 Å². The van der Waals surface area contributed by atoms with E-state index in [1.807, 2.05) is 0 Å². The molecule has 0 amide bonds. The third kappa shape index (κ3) is 4.15. The van der Waals surface area contributed by atoms with Crippen LogP contribution in [-0.2, 0) is 9.47 Å². The van der Waals surface area contributed by atoms with Crippen LogP contribution in [0.3, 0.4) is 0 Å². The fraction of sp³-hybridized carbons (Fsp3) is 0.632. The van der Waals surface area contributed by atoms with Gasteiger partial charge in [0.15, 0.2) is 5.69 Å². The molecule has 1 aromatic rings. The molecule has 0 bridgehead atoms. The second kappa shape index (κ2) is 8.49. The molecule has 0 radical (unpaired) electrons. The van der Waals surface area contributed by atoms with E-state index < -0.39 is 5.97 Å². The van der Waals surface area contributed by atoms with Gasteiger partial charge in [-0.2, -0.15) is 0 Å². The first-order valence-corrected chi connectivity index (χ1v) is 9.37. The molecule has 0 aromatic carbocycles. The summed E-state index contributed by atoms with van der Waals surface area (Å²) in [4.78, 5) is 16.2. The Bertz CT molecular complexity index is 673. The average Bonchev–Trinajstić information content (AvgIpc) is 2.59. The fourth-order valence-electron chi connectivity index (χ4n) is 3.26. The van der Waals surface area contributed by atoms with Crippen molar-refractivity contribution in [1.29, 1.82) is 5.41 Å². The van der Waals surface area contributed by atoms with Crippen LogP contribution in [0.15, 0.2) is 6.07 Å². The van der Waals surface area contributed by atoms with Gasteiger partial charge in [-0.3, -0.25) is 0 Å². The van der Waals surface area contributed by atoms with E-state index in [1.165, 1.54) is 0 Å². The van der Waals surface area contributed by atoms with Crippen molar-refractivity contribution in [3.8, 4) is 5.75 Å². The van der Waals surface area contributed by atoms with Crippen molar-refractivity contribution in [3.63, 3.8) is 0 Å². The van der Waals surface area contributed by atoms with E-state index in [4.69, 9.17) is 25.4 Å². The number of nitrogens with one attached hydrogen (secondary N) is 1. The standard InChI is InChI=1S/C19H27N3O4.H2/c1-2-25-19(23)14-10-15(26-11-12-6-8-24-9-7-12)16(18(21)22-14)17(20)13-4-3-5-13;/h10,12-13,20H,2-9,11H2,1H3,(H2,21,22);1H. The van der Waals surface area contributed by atoms with Crippen molar-refractivity contribution in [1.82, 2.24) is 4.98 Å². The number of ether oxygens (including phenoxy) is 3. The summed E-state index contributed by atoms with van der Waals surface area (Å²) >= 11 is 0. The Labute approximate surface area is 155 Å². The van der Waals surface area contributed by atoms with Crippen molar-refractivity contribution in [2.45, 2.75) is 39.0 Å². The number of anilines is 1. The van der Waals surface area contributed by atoms with E-state index in [9.17, 15) is 4.79 Å². The number of nitrogens with two attached hydrogens (primary N) is 1. The van der Waals surface area contributed by atoms with Crippen LogP contribution < -0.4 is 10.5 Å². The first-order valence-electron chi connectivity index (χ1n) is 9.37. The monoisotopic (exact) mass is 363 g/mol. The number of nitrogen functional groups attached to an aromatic ring is 1. The maximum absolute atomic E-state index is 12.1. The summed E-state index contributed by atoms with van der Waals surface area (Å²) in [6, 6.07) is 1.57. The number of carbonyl (C=O) groups is 1. The zero-order chi connectivity index (χ0) is 18.5. The largest absolute Gasteiger partial charge is 0.492 e. The highest BCUT2D eigenvalue weighted by atomic mass is 16.5. The summed E-state index contributed by atoms with van der Waals surface area (Å²) < 4.78 is 16.5. The number of carbonyl (C=O) groups excluding carboxylic acids is 1. The maximum atomic E-state index is 12.1. The van der Waals surface area contributed by atoms with E-state index in [0.29, 0.717) is 29.5 Å². The minimum absolute atomic E-state index is 0. The molecule has 26 heavy (non-hydrogen) atoms. The van der Waals surface area contributed by atoms with Crippen LogP contribution in [0, 0.1) is 17.2 Å². The summed E-state index contributed by atoms with van der Waals surface area (Å²) in [5.74, 6) is 0.683. The van der Waals surface area contributed by atoms with Crippen LogP contribution >= 0.6 is 0 Å². The van der Waals surface area contributed by atoms with Gasteiger partial charge in [0.05, 0.1) is 18.8 Å². The SMILES string of the molecule is CCOC(=O)c1cc(OCC2CCOCC2)c(C(=N)C2CCC2)c(N)n1.[HH]. The summed E-state index contributed by atoms with van der Waals surface area (Å²) in [5.41, 5.74) is 7.22. The molecular weight excluding hydrogens is 334 g/mol. The van der Waals surface area contributed by atoms with E-state index >= 15 is 0 Å². The van der Waals surface area contributed by atoms with Crippen LogP contribution in [0.1, 0.15) is 56.5 Å². The minimum atomic E-state index is -0.531. The predicted molar refractivity (Wildman–Crippen MR) is 99.9 cm³/mol. The van der Waals surface area contributed by atoms with Gasteiger partial charge >= 0.3 is 5.97 Å². The molecule has 7 heteroatoms. The van der Waals surface area contributed by atoms with E-state index in [0.717, 1.165) is 45.3 Å². The number of aromatic nitrogens is 1. The molecule has 1 saturated heterocycles. The summed E-state index contributed by atoms with van der Waals surface area (Å²) in [7, 11) is 0. The van der Waals surface area contributed by atoms with Gasteiger partial charge in [0, 0.05) is 32.3 Å². The van der Waals surface area contributed by atoms with Crippen molar-refractivity contribution >= 4 is 17.5 Å². The molecule has 2 heterocycles. The average molecular weight is 363 g/mol. The number of hydrogen-bond acceptors (Lipinski definition) is 7. The smallest absolute Gasteiger partial charge is 0.357 e. The third-order valence-electron chi connectivity index (χ3n) is 5.09. The van der Waals surface area contributed by atoms with Gasteiger partial charge in [-0.1, -0.05) is 6.42 Å².